The van der Waals surface area contributed by atoms with Gasteiger partial charge in [0.15, 0.2) is 0 Å². The van der Waals surface area contributed by atoms with Crippen LogP contribution in [0.4, 0.5) is 0 Å². The Morgan fingerprint density at radius 1 is 1.39 bits per heavy atom. The molecule has 0 saturated heterocycles. The lowest BCUT2D eigenvalue weighted by Crippen LogP contribution is -2.39. The van der Waals surface area contributed by atoms with E-state index < -0.39 is 0 Å². The zero-order valence-electron chi connectivity index (χ0n) is 11.7. The van der Waals surface area contributed by atoms with Gasteiger partial charge in [0, 0.05) is 25.6 Å². The van der Waals surface area contributed by atoms with Crippen LogP contribution in [0, 0.1) is 0 Å². The van der Waals surface area contributed by atoms with Crippen LogP contribution in [0.5, 0.6) is 0 Å². The van der Waals surface area contributed by atoms with Gasteiger partial charge in [-0.1, -0.05) is 13.8 Å². The van der Waals surface area contributed by atoms with E-state index in [1.54, 1.807) is 12.0 Å². The maximum atomic E-state index is 12.3. The van der Waals surface area contributed by atoms with Gasteiger partial charge in [0.2, 0.25) is 5.82 Å². The normalized spacial score (nSPS) is 11.3. The van der Waals surface area contributed by atoms with E-state index in [0.717, 1.165) is 5.82 Å². The third-order valence-corrected chi connectivity index (χ3v) is 2.66. The molecule has 0 atom stereocenters. The molecule has 1 aromatic rings. The number of carbonyl (C=O) groups is 1. The first kappa shape index (κ1) is 14.6. The van der Waals surface area contributed by atoms with Crippen LogP contribution in [0.15, 0.2) is 0 Å². The molecule has 0 radical (unpaired) electrons. The molecule has 1 rings (SSSR count). The average molecular weight is 254 g/mol. The molecule has 6 heteroatoms. The average Bonchev–Trinajstić information content (AvgIpc) is 2.78. The summed E-state index contributed by atoms with van der Waals surface area (Å²) in [5.74, 6) is 1.02. The molecule has 0 aliphatic rings. The fraction of sp³-hybridized carbons (Fsp3) is 0.750. The number of methoxy groups -OCH3 is 1. The van der Waals surface area contributed by atoms with Gasteiger partial charge in [-0.15, -0.1) is 5.10 Å². The van der Waals surface area contributed by atoms with Crippen LogP contribution in [0.2, 0.25) is 0 Å². The number of nitrogens with one attached hydrogen (secondary N) is 1. The molecule has 0 aromatic carbocycles. The first-order valence-electron chi connectivity index (χ1n) is 6.19. The molecular formula is C12H22N4O2. The van der Waals surface area contributed by atoms with Gasteiger partial charge in [-0.05, 0) is 13.8 Å². The van der Waals surface area contributed by atoms with Gasteiger partial charge >= 0.3 is 0 Å². The van der Waals surface area contributed by atoms with Crippen molar-refractivity contribution in [3.63, 3.8) is 0 Å². The standard InChI is InChI=1S/C12H22N4O2/c1-8(2)10-13-11(15-14-10)12(17)16(9(3)4)6-7-18-5/h8-9H,6-7H2,1-5H3,(H,13,14,15). The molecule has 1 amide bonds. The minimum absolute atomic E-state index is 0.0913. The van der Waals surface area contributed by atoms with Crippen molar-refractivity contribution >= 4 is 5.91 Å². The third kappa shape index (κ3) is 3.53. The SMILES string of the molecule is COCCN(C(=O)c1n[nH]c(C(C)C)n1)C(C)C. The molecule has 0 unspecified atom stereocenters. The van der Waals surface area contributed by atoms with Crippen molar-refractivity contribution in [2.75, 3.05) is 20.3 Å². The third-order valence-electron chi connectivity index (χ3n) is 2.66. The summed E-state index contributed by atoms with van der Waals surface area (Å²) in [6, 6.07) is 0.0913. The number of H-pyrrole nitrogens is 1. The van der Waals surface area contributed by atoms with E-state index in [9.17, 15) is 4.79 Å². The molecule has 18 heavy (non-hydrogen) atoms. The first-order chi connectivity index (χ1) is 8.47. The van der Waals surface area contributed by atoms with Crippen molar-refractivity contribution in [2.24, 2.45) is 0 Å². The number of rotatable bonds is 6. The summed E-state index contributed by atoms with van der Waals surface area (Å²) in [7, 11) is 1.62. The van der Waals surface area contributed by atoms with E-state index in [1.807, 2.05) is 27.7 Å². The fourth-order valence-corrected chi connectivity index (χ4v) is 1.54. The zero-order valence-corrected chi connectivity index (χ0v) is 11.7. The number of nitrogens with zero attached hydrogens (tertiary/aromatic N) is 3. The summed E-state index contributed by atoms with van der Waals surface area (Å²) in [5.41, 5.74) is 0. The molecule has 102 valence electrons. The predicted molar refractivity (Wildman–Crippen MR) is 68.5 cm³/mol. The van der Waals surface area contributed by atoms with Gasteiger partial charge in [0.25, 0.3) is 5.91 Å². The lowest BCUT2D eigenvalue weighted by Gasteiger charge is -2.25. The summed E-state index contributed by atoms with van der Waals surface area (Å²) in [4.78, 5) is 18.2. The fourth-order valence-electron chi connectivity index (χ4n) is 1.54. The Labute approximate surface area is 108 Å². The number of hydrogen-bond donors (Lipinski definition) is 1. The van der Waals surface area contributed by atoms with Gasteiger partial charge in [-0.3, -0.25) is 9.89 Å². The second-order valence-electron chi connectivity index (χ2n) is 4.78. The number of ether oxygens (including phenoxy) is 1. The molecular weight excluding hydrogens is 232 g/mol. The predicted octanol–water partition coefficient (Wildman–Crippen LogP) is 1.43. The van der Waals surface area contributed by atoms with Crippen LogP contribution in [-0.4, -0.2) is 52.3 Å². The van der Waals surface area contributed by atoms with Crippen molar-refractivity contribution in [3.05, 3.63) is 11.6 Å². The van der Waals surface area contributed by atoms with Gasteiger partial charge in [0.05, 0.1) is 6.61 Å². The minimum atomic E-state index is -0.162. The summed E-state index contributed by atoms with van der Waals surface area (Å²) < 4.78 is 5.01. The molecule has 0 aliphatic heterocycles. The van der Waals surface area contributed by atoms with Crippen molar-refractivity contribution in [3.8, 4) is 0 Å². The van der Waals surface area contributed by atoms with Crippen LogP contribution in [-0.2, 0) is 4.74 Å². The Kier molecular flexibility index (Phi) is 5.27. The molecule has 6 nitrogen and oxygen atoms in total. The second kappa shape index (κ2) is 6.49. The molecule has 0 aliphatic carbocycles. The highest BCUT2D eigenvalue weighted by Crippen LogP contribution is 2.10. The van der Waals surface area contributed by atoms with Crippen LogP contribution in [0.1, 0.15) is 50.1 Å². The highest BCUT2D eigenvalue weighted by molar-refractivity contribution is 5.90. The summed E-state index contributed by atoms with van der Waals surface area (Å²) in [6.07, 6.45) is 0. The van der Waals surface area contributed by atoms with E-state index in [2.05, 4.69) is 15.2 Å². The number of amides is 1. The van der Waals surface area contributed by atoms with Crippen LogP contribution in [0.25, 0.3) is 0 Å². The van der Waals surface area contributed by atoms with Gasteiger partial charge in [-0.25, -0.2) is 4.98 Å². The van der Waals surface area contributed by atoms with Gasteiger partial charge < -0.3 is 9.64 Å². The summed E-state index contributed by atoms with van der Waals surface area (Å²) in [5, 5.41) is 6.78. The Hall–Kier alpha value is -1.43. The first-order valence-corrected chi connectivity index (χ1v) is 6.19. The van der Waals surface area contributed by atoms with Gasteiger partial charge in [-0.2, -0.15) is 0 Å². The van der Waals surface area contributed by atoms with Gasteiger partial charge in [0.1, 0.15) is 5.82 Å². The monoisotopic (exact) mass is 254 g/mol. The topological polar surface area (TPSA) is 71.1 Å². The highest BCUT2D eigenvalue weighted by atomic mass is 16.5. The lowest BCUT2D eigenvalue weighted by atomic mass is 10.2. The number of carbonyl (C=O) groups excluding carboxylic acids is 1. The molecule has 1 heterocycles. The smallest absolute Gasteiger partial charge is 0.293 e. The van der Waals surface area contributed by atoms with E-state index in [0.29, 0.717) is 13.2 Å². The molecule has 0 spiro atoms. The molecule has 1 N–H and O–H groups in total. The molecule has 0 bridgehead atoms. The van der Waals surface area contributed by atoms with Crippen molar-refractivity contribution in [1.82, 2.24) is 20.1 Å². The quantitative estimate of drug-likeness (QED) is 0.833. The Morgan fingerprint density at radius 2 is 2.06 bits per heavy atom. The summed E-state index contributed by atoms with van der Waals surface area (Å²) >= 11 is 0. The maximum Gasteiger partial charge on any atom is 0.293 e. The maximum absolute atomic E-state index is 12.3. The molecule has 1 aromatic heterocycles. The molecule has 0 fully saturated rings. The lowest BCUT2D eigenvalue weighted by molar-refractivity contribution is 0.0623. The van der Waals surface area contributed by atoms with E-state index in [4.69, 9.17) is 4.74 Å². The Bertz CT molecular complexity index is 387. The minimum Gasteiger partial charge on any atom is -0.383 e. The number of hydrogen-bond acceptors (Lipinski definition) is 4. The second-order valence-corrected chi connectivity index (χ2v) is 4.78. The number of aromatic amines is 1. The largest absolute Gasteiger partial charge is 0.383 e. The number of aromatic nitrogens is 3. The molecule has 0 saturated carbocycles. The zero-order chi connectivity index (χ0) is 13.7. The van der Waals surface area contributed by atoms with E-state index in [1.165, 1.54) is 0 Å². The van der Waals surface area contributed by atoms with Crippen LogP contribution >= 0.6 is 0 Å². The van der Waals surface area contributed by atoms with Crippen LogP contribution in [0.3, 0.4) is 0 Å². The van der Waals surface area contributed by atoms with E-state index >= 15 is 0 Å². The Morgan fingerprint density at radius 3 is 2.50 bits per heavy atom. The van der Waals surface area contributed by atoms with Crippen LogP contribution < -0.4 is 0 Å². The van der Waals surface area contributed by atoms with Crippen molar-refractivity contribution in [1.29, 1.82) is 0 Å². The summed E-state index contributed by atoms with van der Waals surface area (Å²) in [6.45, 7) is 8.97. The van der Waals surface area contributed by atoms with Crippen molar-refractivity contribution < 1.29 is 9.53 Å². The Balaban J connectivity index is 2.81. The highest BCUT2D eigenvalue weighted by Gasteiger charge is 2.22. The van der Waals surface area contributed by atoms with E-state index in [-0.39, 0.29) is 23.7 Å². The van der Waals surface area contributed by atoms with Crippen molar-refractivity contribution in [2.45, 2.75) is 39.7 Å².